The number of anilines is 1. The van der Waals surface area contributed by atoms with E-state index in [-0.39, 0.29) is 17.9 Å². The first kappa shape index (κ1) is 26.2. The third kappa shape index (κ3) is 7.09. The zero-order valence-corrected chi connectivity index (χ0v) is 19.2. The maximum atomic E-state index is 13.1. The maximum Gasteiger partial charge on any atom is 0.416 e. The molecular weight excluding hydrogens is 502 g/mol. The number of halogens is 6. The van der Waals surface area contributed by atoms with Crippen molar-refractivity contribution >= 4 is 17.8 Å². The van der Waals surface area contributed by atoms with Gasteiger partial charge in [0.2, 0.25) is 0 Å². The summed E-state index contributed by atoms with van der Waals surface area (Å²) in [5.41, 5.74) is 0.370. The number of carbonyl (C=O) groups is 1. The first-order chi connectivity index (χ1) is 17.5. The van der Waals surface area contributed by atoms with E-state index in [2.05, 4.69) is 20.8 Å². The summed E-state index contributed by atoms with van der Waals surface area (Å²) in [5, 5.41) is 9.09. The lowest BCUT2D eigenvalue weighted by Gasteiger charge is -2.32. The Morgan fingerprint density at radius 3 is 2.16 bits per heavy atom. The molecule has 2 aromatic carbocycles. The second-order valence-corrected chi connectivity index (χ2v) is 8.41. The molecule has 0 radical (unpaired) electrons. The SMILES string of the molecule is O=C(/C=C\n1cnc(-c2cc(C(F)(F)F)cc(C(F)(F)F)c2)n1)NN1CCC(Nc2ccccc2)CC1. The molecule has 37 heavy (non-hydrogen) atoms. The topological polar surface area (TPSA) is 75.1 Å². The van der Waals surface area contributed by atoms with Crippen LogP contribution in [0.25, 0.3) is 17.6 Å². The molecule has 4 rings (SSSR count). The van der Waals surface area contributed by atoms with Crippen molar-refractivity contribution in [1.29, 1.82) is 0 Å². The molecule has 0 aliphatic carbocycles. The number of hydrogen-bond donors (Lipinski definition) is 2. The van der Waals surface area contributed by atoms with Gasteiger partial charge in [-0.05, 0) is 43.2 Å². The van der Waals surface area contributed by atoms with Crippen molar-refractivity contribution in [3.05, 3.63) is 72.1 Å². The quantitative estimate of drug-likeness (QED) is 0.348. The smallest absolute Gasteiger partial charge is 0.382 e. The van der Waals surface area contributed by atoms with E-state index in [9.17, 15) is 31.1 Å². The summed E-state index contributed by atoms with van der Waals surface area (Å²) in [6.07, 6.45) is -4.93. The van der Waals surface area contributed by atoms with Gasteiger partial charge < -0.3 is 5.32 Å². The maximum absolute atomic E-state index is 13.1. The molecule has 0 unspecified atom stereocenters. The van der Waals surface area contributed by atoms with Crippen LogP contribution in [0.2, 0.25) is 0 Å². The number of piperidine rings is 1. The molecule has 0 spiro atoms. The number of alkyl halides is 6. The van der Waals surface area contributed by atoms with Gasteiger partial charge in [0.15, 0.2) is 5.82 Å². The molecule has 1 amide bonds. The van der Waals surface area contributed by atoms with Crippen LogP contribution in [0.15, 0.2) is 60.9 Å². The van der Waals surface area contributed by atoms with E-state index in [1.807, 2.05) is 30.3 Å². The van der Waals surface area contributed by atoms with Crippen LogP contribution in [-0.4, -0.2) is 44.8 Å². The Morgan fingerprint density at radius 1 is 0.946 bits per heavy atom. The number of hydrazine groups is 1. The van der Waals surface area contributed by atoms with Gasteiger partial charge >= 0.3 is 12.4 Å². The van der Waals surface area contributed by atoms with Crippen molar-refractivity contribution in [3.8, 4) is 11.4 Å². The Balaban J connectivity index is 1.35. The van der Waals surface area contributed by atoms with Crippen LogP contribution in [0.5, 0.6) is 0 Å². The van der Waals surface area contributed by atoms with Crippen LogP contribution in [0.4, 0.5) is 32.0 Å². The standard InChI is InChI=1S/C24H22F6N6O/c25-23(26,27)17-12-16(13-18(14-17)24(28,29)30)22-31-15-36(34-22)11-8-21(37)33-35-9-6-20(7-10-35)32-19-4-2-1-3-5-19/h1-5,8,11-15,20,32H,6-7,9-10H2,(H,33,37)/b11-8-. The van der Waals surface area contributed by atoms with Gasteiger partial charge in [-0.15, -0.1) is 5.10 Å². The molecule has 1 aliphatic rings. The number of benzene rings is 2. The molecule has 1 fully saturated rings. The molecule has 196 valence electrons. The first-order valence-electron chi connectivity index (χ1n) is 11.2. The lowest BCUT2D eigenvalue weighted by molar-refractivity contribution is -0.143. The summed E-state index contributed by atoms with van der Waals surface area (Å²) in [6.45, 7) is 1.24. The van der Waals surface area contributed by atoms with Crippen LogP contribution < -0.4 is 10.7 Å². The third-order valence-electron chi connectivity index (χ3n) is 5.64. The van der Waals surface area contributed by atoms with Gasteiger partial charge in [-0.3, -0.25) is 10.2 Å². The summed E-state index contributed by atoms with van der Waals surface area (Å²) < 4.78 is 79.6. The van der Waals surface area contributed by atoms with Gasteiger partial charge in [0.25, 0.3) is 5.91 Å². The predicted octanol–water partition coefficient (Wildman–Crippen LogP) is 5.06. The van der Waals surface area contributed by atoms with Crippen molar-refractivity contribution < 1.29 is 31.1 Å². The number of nitrogens with one attached hydrogen (secondary N) is 2. The number of nitrogens with zero attached hydrogens (tertiary/aromatic N) is 4. The minimum Gasteiger partial charge on any atom is -0.382 e. The summed E-state index contributed by atoms with van der Waals surface area (Å²) >= 11 is 0. The third-order valence-corrected chi connectivity index (χ3v) is 5.64. The number of carbonyl (C=O) groups excluding carboxylic acids is 1. The van der Waals surface area contributed by atoms with Crippen LogP contribution in [-0.2, 0) is 17.1 Å². The van der Waals surface area contributed by atoms with E-state index in [4.69, 9.17) is 0 Å². The predicted molar refractivity (Wildman–Crippen MR) is 124 cm³/mol. The summed E-state index contributed by atoms with van der Waals surface area (Å²) in [4.78, 5) is 16.1. The summed E-state index contributed by atoms with van der Waals surface area (Å²) in [7, 11) is 0. The van der Waals surface area contributed by atoms with E-state index in [1.54, 1.807) is 5.01 Å². The molecule has 1 aromatic heterocycles. The molecule has 1 saturated heterocycles. The number of para-hydroxylation sites is 1. The van der Waals surface area contributed by atoms with Crippen molar-refractivity contribution in [2.75, 3.05) is 18.4 Å². The van der Waals surface area contributed by atoms with Gasteiger partial charge in [-0.25, -0.2) is 14.7 Å². The molecule has 3 aromatic rings. The second kappa shape index (κ2) is 10.6. The Bertz CT molecular complexity index is 1210. The molecule has 2 N–H and O–H groups in total. The Hall–Kier alpha value is -3.87. The second-order valence-electron chi connectivity index (χ2n) is 8.41. The Morgan fingerprint density at radius 2 is 1.57 bits per heavy atom. The van der Waals surface area contributed by atoms with Crippen molar-refractivity contribution in [2.45, 2.75) is 31.2 Å². The van der Waals surface area contributed by atoms with Crippen molar-refractivity contribution in [3.63, 3.8) is 0 Å². The van der Waals surface area contributed by atoms with Crippen LogP contribution >= 0.6 is 0 Å². The van der Waals surface area contributed by atoms with Gasteiger partial charge in [0, 0.05) is 42.7 Å². The van der Waals surface area contributed by atoms with Gasteiger partial charge in [0.05, 0.1) is 11.1 Å². The van der Waals surface area contributed by atoms with E-state index < -0.39 is 35.0 Å². The number of aromatic nitrogens is 3. The molecule has 13 heteroatoms. The number of rotatable bonds is 6. The molecule has 2 heterocycles. The highest BCUT2D eigenvalue weighted by atomic mass is 19.4. The van der Waals surface area contributed by atoms with Crippen molar-refractivity contribution in [1.82, 2.24) is 25.2 Å². The Labute approximate surface area is 207 Å². The summed E-state index contributed by atoms with van der Waals surface area (Å²) in [5.74, 6) is -0.820. The normalized spacial score (nSPS) is 15.7. The molecule has 0 atom stereocenters. The minimum atomic E-state index is -4.98. The molecule has 0 bridgehead atoms. The lowest BCUT2D eigenvalue weighted by Crippen LogP contribution is -2.48. The average Bonchev–Trinajstić information content (AvgIpc) is 3.33. The highest BCUT2D eigenvalue weighted by molar-refractivity contribution is 5.89. The fraction of sp³-hybridized carbons (Fsp3) is 0.292. The zero-order chi connectivity index (χ0) is 26.6. The fourth-order valence-electron chi connectivity index (χ4n) is 3.81. The lowest BCUT2D eigenvalue weighted by atomic mass is 10.0. The minimum absolute atomic E-state index is 0.0330. The van der Waals surface area contributed by atoms with Crippen LogP contribution in [0.3, 0.4) is 0 Å². The van der Waals surface area contributed by atoms with Gasteiger partial charge in [-0.2, -0.15) is 26.3 Å². The van der Waals surface area contributed by atoms with E-state index in [0.717, 1.165) is 35.6 Å². The zero-order valence-electron chi connectivity index (χ0n) is 19.2. The van der Waals surface area contributed by atoms with Gasteiger partial charge in [0.1, 0.15) is 6.33 Å². The molecule has 7 nitrogen and oxygen atoms in total. The van der Waals surface area contributed by atoms with E-state index in [1.165, 1.54) is 6.20 Å². The molecule has 0 saturated carbocycles. The fourth-order valence-corrected chi connectivity index (χ4v) is 3.81. The van der Waals surface area contributed by atoms with Crippen LogP contribution in [0.1, 0.15) is 24.0 Å². The molecular formula is C24H22F6N6O. The number of amides is 1. The summed E-state index contributed by atoms with van der Waals surface area (Å²) in [6, 6.07) is 11.2. The first-order valence-corrected chi connectivity index (χ1v) is 11.2. The monoisotopic (exact) mass is 524 g/mol. The highest BCUT2D eigenvalue weighted by Gasteiger charge is 2.37. The van der Waals surface area contributed by atoms with Crippen LogP contribution in [0, 0.1) is 0 Å². The van der Waals surface area contributed by atoms with Gasteiger partial charge in [-0.1, -0.05) is 18.2 Å². The Kier molecular flexibility index (Phi) is 7.52. The van der Waals surface area contributed by atoms with E-state index >= 15 is 0 Å². The van der Waals surface area contributed by atoms with E-state index in [0.29, 0.717) is 25.2 Å². The number of hydrogen-bond acceptors (Lipinski definition) is 5. The highest BCUT2D eigenvalue weighted by Crippen LogP contribution is 2.38. The largest absolute Gasteiger partial charge is 0.416 e. The molecule has 1 aliphatic heterocycles. The average molecular weight is 524 g/mol. The van der Waals surface area contributed by atoms with Crippen molar-refractivity contribution in [2.24, 2.45) is 0 Å².